The molecule has 1 aliphatic carbocycles. The number of hydrogen-bond acceptors (Lipinski definition) is 5. The van der Waals surface area contributed by atoms with Crippen LogP contribution in [0.15, 0.2) is 47.4 Å². The third-order valence-electron chi connectivity index (χ3n) is 5.34. The van der Waals surface area contributed by atoms with Gasteiger partial charge in [0, 0.05) is 24.2 Å². The van der Waals surface area contributed by atoms with E-state index < -0.39 is 10.8 Å². The molecule has 0 fully saturated rings. The average Bonchev–Trinajstić information content (AvgIpc) is 2.75. The van der Waals surface area contributed by atoms with E-state index >= 15 is 0 Å². The molecular weight excluding hydrogens is 402 g/mol. The third kappa shape index (κ3) is 4.99. The number of amides is 2. The number of fused-ring (bicyclic) bond motifs is 1. The van der Waals surface area contributed by atoms with Crippen molar-refractivity contribution in [1.82, 2.24) is 4.90 Å². The maximum absolute atomic E-state index is 13.0. The number of carbonyl (C=O) groups is 2. The number of nitro benzene ring substituents is 1. The molecule has 2 aromatic rings. The van der Waals surface area contributed by atoms with E-state index in [4.69, 9.17) is 5.73 Å². The number of thioether (sulfide) groups is 1. The predicted molar refractivity (Wildman–Crippen MR) is 117 cm³/mol. The summed E-state index contributed by atoms with van der Waals surface area (Å²) in [6, 6.07) is 12.6. The molecule has 7 nitrogen and oxygen atoms in total. The van der Waals surface area contributed by atoms with Crippen LogP contribution in [0.3, 0.4) is 0 Å². The van der Waals surface area contributed by atoms with Crippen molar-refractivity contribution in [3.05, 3.63) is 69.3 Å². The molecule has 0 saturated heterocycles. The lowest BCUT2D eigenvalue weighted by Crippen LogP contribution is -2.44. The van der Waals surface area contributed by atoms with Gasteiger partial charge in [-0.15, -0.1) is 11.8 Å². The minimum absolute atomic E-state index is 0.0282. The number of carbonyl (C=O) groups excluding carboxylic acids is 2. The van der Waals surface area contributed by atoms with Crippen LogP contribution in [0.2, 0.25) is 0 Å². The molecule has 30 heavy (non-hydrogen) atoms. The summed E-state index contributed by atoms with van der Waals surface area (Å²) < 4.78 is 0. The molecule has 0 heterocycles. The molecule has 0 bridgehead atoms. The Labute approximate surface area is 179 Å². The minimum atomic E-state index is -0.725. The Bertz CT molecular complexity index is 963. The number of nitrogens with zero attached hydrogens (tertiary/aromatic N) is 2. The Kier molecular flexibility index (Phi) is 7.10. The van der Waals surface area contributed by atoms with Crippen molar-refractivity contribution in [1.29, 1.82) is 0 Å². The van der Waals surface area contributed by atoms with Crippen LogP contribution in [0.4, 0.5) is 5.69 Å². The number of nitrogens with two attached hydrogens (primary N) is 1. The van der Waals surface area contributed by atoms with Gasteiger partial charge in [-0.25, -0.2) is 0 Å². The van der Waals surface area contributed by atoms with Gasteiger partial charge in [0.2, 0.25) is 11.8 Å². The van der Waals surface area contributed by atoms with Crippen molar-refractivity contribution in [2.24, 2.45) is 5.73 Å². The first-order chi connectivity index (χ1) is 14.4. The quantitative estimate of drug-likeness (QED) is 0.394. The van der Waals surface area contributed by atoms with E-state index in [0.717, 1.165) is 43.5 Å². The zero-order valence-corrected chi connectivity index (χ0v) is 17.7. The molecule has 0 aromatic heterocycles. The third-order valence-corrected chi connectivity index (χ3v) is 6.39. The van der Waals surface area contributed by atoms with E-state index in [1.54, 1.807) is 0 Å². The normalized spacial score (nSPS) is 15.3. The van der Waals surface area contributed by atoms with Crippen LogP contribution >= 0.6 is 11.8 Å². The summed E-state index contributed by atoms with van der Waals surface area (Å²) in [5, 5.41) is 11.4. The maximum atomic E-state index is 13.0. The smallest absolute Gasteiger partial charge is 0.283 e. The zero-order valence-electron chi connectivity index (χ0n) is 16.9. The lowest BCUT2D eigenvalue weighted by molar-refractivity contribution is -0.387. The Hall–Kier alpha value is -2.87. The average molecular weight is 428 g/mol. The number of nitro groups is 1. The fourth-order valence-electron chi connectivity index (χ4n) is 3.85. The van der Waals surface area contributed by atoms with Crippen molar-refractivity contribution >= 4 is 29.3 Å². The molecule has 3 rings (SSSR count). The SMILES string of the molecule is CCCN(C(=O)CSc1ccc(C(N)=O)cc1[N+](=O)[O-])[C@@H]1CCc2ccccc2C1. The molecular formula is C22H25N3O4S. The standard InChI is InChI=1S/C22H25N3O4S/c1-2-11-24(18-9-7-15-5-3-4-6-16(15)12-18)21(26)14-30-20-10-8-17(22(23)27)13-19(20)25(28)29/h3-6,8,10,13,18H,2,7,9,11-12,14H2,1H3,(H2,23,27)/t18-/m1/s1. The van der Waals surface area contributed by atoms with E-state index in [-0.39, 0.29) is 29.0 Å². The number of aryl methyl sites for hydroxylation is 1. The molecule has 0 aliphatic heterocycles. The molecule has 8 heteroatoms. The van der Waals surface area contributed by atoms with E-state index in [0.29, 0.717) is 11.4 Å². The second-order valence-electron chi connectivity index (χ2n) is 7.35. The molecule has 2 aromatic carbocycles. The van der Waals surface area contributed by atoms with Crippen molar-refractivity contribution < 1.29 is 14.5 Å². The molecule has 2 amide bonds. The summed E-state index contributed by atoms with van der Waals surface area (Å²) in [7, 11) is 0. The van der Waals surface area contributed by atoms with E-state index in [2.05, 4.69) is 12.1 Å². The van der Waals surface area contributed by atoms with Crippen molar-refractivity contribution in [3.63, 3.8) is 0 Å². The number of rotatable bonds is 8. The summed E-state index contributed by atoms with van der Waals surface area (Å²) in [4.78, 5) is 37.5. The van der Waals surface area contributed by atoms with Crippen LogP contribution in [0, 0.1) is 10.1 Å². The Morgan fingerprint density at radius 3 is 2.63 bits per heavy atom. The Morgan fingerprint density at radius 1 is 1.23 bits per heavy atom. The van der Waals surface area contributed by atoms with Gasteiger partial charge in [0.15, 0.2) is 0 Å². The van der Waals surface area contributed by atoms with Crippen LogP contribution in [0.25, 0.3) is 0 Å². The largest absolute Gasteiger partial charge is 0.366 e. The molecule has 1 aliphatic rings. The highest BCUT2D eigenvalue weighted by molar-refractivity contribution is 8.00. The summed E-state index contributed by atoms with van der Waals surface area (Å²) in [6.07, 6.45) is 3.55. The molecule has 1 atom stereocenters. The van der Waals surface area contributed by atoms with Crippen LogP contribution in [-0.2, 0) is 17.6 Å². The van der Waals surface area contributed by atoms with Crippen LogP contribution in [0.1, 0.15) is 41.3 Å². The predicted octanol–water partition coefficient (Wildman–Crippen LogP) is 3.58. The van der Waals surface area contributed by atoms with Crippen LogP contribution in [-0.4, -0.2) is 40.0 Å². The van der Waals surface area contributed by atoms with E-state index in [1.165, 1.54) is 23.3 Å². The highest BCUT2D eigenvalue weighted by atomic mass is 32.2. The fraction of sp³-hybridized carbons (Fsp3) is 0.364. The number of benzene rings is 2. The Morgan fingerprint density at radius 2 is 1.97 bits per heavy atom. The van der Waals surface area contributed by atoms with Crippen LogP contribution < -0.4 is 5.73 Å². The second kappa shape index (κ2) is 9.75. The van der Waals surface area contributed by atoms with Crippen molar-refractivity contribution in [3.8, 4) is 0 Å². The van der Waals surface area contributed by atoms with Crippen molar-refractivity contribution in [2.75, 3.05) is 12.3 Å². The lowest BCUT2D eigenvalue weighted by Gasteiger charge is -2.35. The minimum Gasteiger partial charge on any atom is -0.366 e. The highest BCUT2D eigenvalue weighted by Crippen LogP contribution is 2.31. The number of hydrogen-bond donors (Lipinski definition) is 1. The highest BCUT2D eigenvalue weighted by Gasteiger charge is 2.27. The van der Waals surface area contributed by atoms with Gasteiger partial charge in [0.1, 0.15) is 0 Å². The zero-order chi connectivity index (χ0) is 21.7. The van der Waals surface area contributed by atoms with E-state index in [9.17, 15) is 19.7 Å². The lowest BCUT2D eigenvalue weighted by atomic mass is 9.87. The molecule has 0 saturated carbocycles. The molecule has 2 N–H and O–H groups in total. The van der Waals surface area contributed by atoms with Crippen molar-refractivity contribution in [2.45, 2.75) is 43.5 Å². The van der Waals surface area contributed by atoms with Gasteiger partial charge in [0.05, 0.1) is 15.6 Å². The van der Waals surface area contributed by atoms with Gasteiger partial charge in [-0.3, -0.25) is 19.7 Å². The summed E-state index contributed by atoms with van der Waals surface area (Å²) in [5.74, 6) is -0.647. The van der Waals surface area contributed by atoms with Gasteiger partial charge in [-0.05, 0) is 48.9 Å². The summed E-state index contributed by atoms with van der Waals surface area (Å²) >= 11 is 1.12. The first-order valence-electron chi connectivity index (χ1n) is 9.98. The molecule has 0 radical (unpaired) electrons. The fourth-order valence-corrected chi connectivity index (χ4v) is 4.74. The van der Waals surface area contributed by atoms with E-state index in [1.807, 2.05) is 24.0 Å². The number of primary amides is 1. The summed E-state index contributed by atoms with van der Waals surface area (Å²) in [5.41, 5.74) is 7.71. The first kappa shape index (κ1) is 21.8. The van der Waals surface area contributed by atoms with Gasteiger partial charge in [-0.1, -0.05) is 31.2 Å². The van der Waals surface area contributed by atoms with Gasteiger partial charge >= 0.3 is 0 Å². The topological polar surface area (TPSA) is 107 Å². The van der Waals surface area contributed by atoms with Gasteiger partial charge in [-0.2, -0.15) is 0 Å². The van der Waals surface area contributed by atoms with Crippen LogP contribution in [0.5, 0.6) is 0 Å². The maximum Gasteiger partial charge on any atom is 0.283 e. The molecule has 158 valence electrons. The summed E-state index contributed by atoms with van der Waals surface area (Å²) in [6.45, 7) is 2.70. The molecule has 0 unspecified atom stereocenters. The monoisotopic (exact) mass is 427 g/mol. The second-order valence-corrected chi connectivity index (χ2v) is 8.36. The van der Waals surface area contributed by atoms with Gasteiger partial charge in [0.25, 0.3) is 5.69 Å². The Balaban J connectivity index is 1.72. The molecule has 0 spiro atoms. The van der Waals surface area contributed by atoms with Gasteiger partial charge < -0.3 is 10.6 Å². The first-order valence-corrected chi connectivity index (χ1v) is 11.0.